The fourth-order valence-corrected chi connectivity index (χ4v) is 1.64. The van der Waals surface area contributed by atoms with E-state index in [2.05, 4.69) is 10.1 Å². The van der Waals surface area contributed by atoms with Crippen molar-refractivity contribution in [2.75, 3.05) is 7.11 Å². The highest BCUT2D eigenvalue weighted by Crippen LogP contribution is 2.18. The Kier molecular flexibility index (Phi) is 7.88. The third-order valence-electron chi connectivity index (χ3n) is 2.49. The smallest absolute Gasteiger partial charge is 0.408 e. The number of nitrogens with one attached hydrogen (secondary N) is 1. The molecule has 0 aromatic heterocycles. The molecule has 1 aromatic rings. The van der Waals surface area contributed by atoms with Crippen LogP contribution in [0.3, 0.4) is 0 Å². The van der Waals surface area contributed by atoms with E-state index in [1.165, 1.54) is 7.11 Å². The van der Waals surface area contributed by atoms with Crippen LogP contribution in [-0.2, 0) is 14.3 Å². The van der Waals surface area contributed by atoms with Crippen molar-refractivity contribution in [3.63, 3.8) is 0 Å². The maximum Gasteiger partial charge on any atom is 0.408 e. The molecule has 5 nitrogen and oxygen atoms in total. The monoisotopic (exact) mass is 313 g/mol. The van der Waals surface area contributed by atoms with Crippen molar-refractivity contribution in [2.24, 2.45) is 0 Å². The Labute approximate surface area is 132 Å². The third-order valence-corrected chi connectivity index (χ3v) is 2.49. The third kappa shape index (κ3) is 7.60. The number of ether oxygens (including phenoxy) is 2. The fourth-order valence-electron chi connectivity index (χ4n) is 1.64. The summed E-state index contributed by atoms with van der Waals surface area (Å²) in [4.78, 5) is 23.3. The van der Waals surface area contributed by atoms with Crippen LogP contribution in [0.1, 0.15) is 38.8 Å². The first-order valence-electron chi connectivity index (χ1n) is 6.43. The summed E-state index contributed by atoms with van der Waals surface area (Å²) in [6, 6.07) is 8.76. The molecule has 0 fully saturated rings. The minimum absolute atomic E-state index is 0. The molecule has 118 valence electrons. The lowest BCUT2D eigenvalue weighted by Crippen LogP contribution is -2.35. The number of hydrogen-bond acceptors (Lipinski definition) is 4. The van der Waals surface area contributed by atoms with E-state index in [0.29, 0.717) is 0 Å². The van der Waals surface area contributed by atoms with E-state index in [1.807, 2.05) is 30.3 Å². The zero-order chi connectivity index (χ0) is 15.2. The fraction of sp³-hybridized carbons (Fsp3) is 0.467. The molecule has 1 rings (SSSR count). The molecule has 0 bridgehead atoms. The Balaban J connectivity index is 0.00000400. The van der Waals surface area contributed by atoms with E-state index >= 15 is 0 Å². The number of alkyl carbamates (subject to hydrolysis) is 1. The number of carbonyl (C=O) groups is 2. The highest BCUT2D eigenvalue weighted by atomic mass is 32.1. The number of carbonyl (C=O) groups excluding carboxylic acids is 2. The van der Waals surface area contributed by atoms with Crippen LogP contribution >= 0.6 is 13.5 Å². The molecule has 0 aliphatic rings. The Bertz CT molecular complexity index is 456. The average Bonchev–Trinajstić information content (AvgIpc) is 2.36. The topological polar surface area (TPSA) is 64.6 Å². The van der Waals surface area contributed by atoms with Crippen molar-refractivity contribution in [3.8, 4) is 0 Å². The number of methoxy groups -OCH3 is 1. The normalized spacial score (nSPS) is 11.8. The van der Waals surface area contributed by atoms with Crippen LogP contribution in [0.2, 0.25) is 0 Å². The van der Waals surface area contributed by atoms with Crippen LogP contribution in [0.4, 0.5) is 4.79 Å². The van der Waals surface area contributed by atoms with Crippen molar-refractivity contribution >= 4 is 25.6 Å². The van der Waals surface area contributed by atoms with Crippen molar-refractivity contribution in [3.05, 3.63) is 35.9 Å². The van der Waals surface area contributed by atoms with E-state index in [-0.39, 0.29) is 19.9 Å². The van der Waals surface area contributed by atoms with Gasteiger partial charge in [-0.15, -0.1) is 0 Å². The molecule has 1 atom stereocenters. The van der Waals surface area contributed by atoms with Gasteiger partial charge >= 0.3 is 12.1 Å². The van der Waals surface area contributed by atoms with E-state index in [4.69, 9.17) is 4.74 Å². The van der Waals surface area contributed by atoms with Crippen LogP contribution in [0.5, 0.6) is 0 Å². The molecule has 0 radical (unpaired) electrons. The summed E-state index contributed by atoms with van der Waals surface area (Å²) in [5.41, 5.74) is 0.236. The molecule has 0 saturated carbocycles. The van der Waals surface area contributed by atoms with Crippen molar-refractivity contribution in [1.29, 1.82) is 0 Å². The molecule has 21 heavy (non-hydrogen) atoms. The highest BCUT2D eigenvalue weighted by molar-refractivity contribution is 7.59. The zero-order valence-electron chi connectivity index (χ0n) is 12.8. The molecule has 0 aliphatic heterocycles. The van der Waals surface area contributed by atoms with Crippen LogP contribution in [0.15, 0.2) is 30.3 Å². The second-order valence-corrected chi connectivity index (χ2v) is 5.39. The van der Waals surface area contributed by atoms with Gasteiger partial charge in [-0.25, -0.2) is 4.79 Å². The molecule has 1 amide bonds. The average molecular weight is 313 g/mol. The summed E-state index contributed by atoms with van der Waals surface area (Å²) >= 11 is 0. The Morgan fingerprint density at radius 2 is 1.76 bits per heavy atom. The van der Waals surface area contributed by atoms with Gasteiger partial charge in [0.05, 0.1) is 19.6 Å². The number of rotatable bonds is 4. The molecule has 0 unspecified atom stereocenters. The van der Waals surface area contributed by atoms with Gasteiger partial charge in [-0.1, -0.05) is 30.3 Å². The Morgan fingerprint density at radius 3 is 2.24 bits per heavy atom. The molecule has 6 heteroatoms. The highest BCUT2D eigenvalue weighted by Gasteiger charge is 2.22. The van der Waals surface area contributed by atoms with Crippen LogP contribution in [-0.4, -0.2) is 24.8 Å². The van der Waals surface area contributed by atoms with Gasteiger partial charge in [0.25, 0.3) is 0 Å². The summed E-state index contributed by atoms with van der Waals surface area (Å²) in [5, 5.41) is 2.69. The van der Waals surface area contributed by atoms with Crippen LogP contribution < -0.4 is 5.32 Å². The summed E-state index contributed by atoms with van der Waals surface area (Å²) in [6.45, 7) is 5.35. The molecular formula is C15H23NO4S. The van der Waals surface area contributed by atoms with E-state index in [9.17, 15) is 9.59 Å². The van der Waals surface area contributed by atoms with E-state index in [0.717, 1.165) is 5.56 Å². The second kappa shape index (κ2) is 8.56. The van der Waals surface area contributed by atoms with Gasteiger partial charge in [-0.3, -0.25) is 4.79 Å². The van der Waals surface area contributed by atoms with Crippen molar-refractivity contribution in [2.45, 2.75) is 38.8 Å². The predicted octanol–water partition coefficient (Wildman–Crippen LogP) is 2.93. The standard InChI is InChI=1S/C15H21NO4.H2S/c1-15(2,3)20-14(18)16-12(10-13(17)19-4)11-8-6-5-7-9-11;/h5-9,12H,10H2,1-4H3,(H,16,18);1H2/t12-;/m0./s1. The quantitative estimate of drug-likeness (QED) is 0.868. The summed E-state index contributed by atoms with van der Waals surface area (Å²) in [7, 11) is 1.32. The Hall–Kier alpha value is -1.69. The maximum atomic E-state index is 11.8. The zero-order valence-corrected chi connectivity index (χ0v) is 13.8. The summed E-state index contributed by atoms with van der Waals surface area (Å²) in [5.74, 6) is -0.394. The molecule has 1 N–H and O–H groups in total. The first-order chi connectivity index (χ1) is 9.31. The maximum absolute atomic E-state index is 11.8. The van der Waals surface area contributed by atoms with Gasteiger partial charge < -0.3 is 14.8 Å². The minimum atomic E-state index is -0.587. The van der Waals surface area contributed by atoms with Crippen LogP contribution in [0.25, 0.3) is 0 Å². The number of hydrogen-bond donors (Lipinski definition) is 1. The first kappa shape index (κ1) is 19.3. The van der Waals surface area contributed by atoms with Gasteiger partial charge in [0.15, 0.2) is 0 Å². The lowest BCUT2D eigenvalue weighted by Gasteiger charge is -2.23. The van der Waals surface area contributed by atoms with Gasteiger partial charge in [0, 0.05) is 0 Å². The first-order valence-corrected chi connectivity index (χ1v) is 6.43. The number of esters is 1. The SMILES string of the molecule is COC(=O)C[C@H](NC(=O)OC(C)(C)C)c1ccccc1.S. The molecule has 1 aromatic carbocycles. The molecule has 0 saturated heterocycles. The summed E-state index contributed by atoms with van der Waals surface area (Å²) in [6.07, 6.45) is -0.505. The number of amides is 1. The van der Waals surface area contributed by atoms with Gasteiger partial charge in [-0.05, 0) is 26.3 Å². The van der Waals surface area contributed by atoms with Crippen LogP contribution in [0, 0.1) is 0 Å². The lowest BCUT2D eigenvalue weighted by molar-refractivity contribution is -0.141. The minimum Gasteiger partial charge on any atom is -0.469 e. The predicted molar refractivity (Wildman–Crippen MR) is 85.6 cm³/mol. The molecule has 0 aliphatic carbocycles. The van der Waals surface area contributed by atoms with Crippen molar-refractivity contribution < 1.29 is 19.1 Å². The van der Waals surface area contributed by atoms with Gasteiger partial charge in [0.2, 0.25) is 0 Å². The Morgan fingerprint density at radius 1 is 1.19 bits per heavy atom. The largest absolute Gasteiger partial charge is 0.469 e. The van der Waals surface area contributed by atoms with E-state index < -0.39 is 23.7 Å². The number of benzene rings is 1. The molecule has 0 heterocycles. The van der Waals surface area contributed by atoms with Gasteiger partial charge in [0.1, 0.15) is 5.60 Å². The van der Waals surface area contributed by atoms with Gasteiger partial charge in [-0.2, -0.15) is 13.5 Å². The molecule has 0 spiro atoms. The van der Waals surface area contributed by atoms with E-state index in [1.54, 1.807) is 20.8 Å². The lowest BCUT2D eigenvalue weighted by atomic mass is 10.0. The second-order valence-electron chi connectivity index (χ2n) is 5.39. The summed E-state index contributed by atoms with van der Waals surface area (Å²) < 4.78 is 9.86. The van der Waals surface area contributed by atoms with Crippen molar-refractivity contribution in [1.82, 2.24) is 5.32 Å². The molecular weight excluding hydrogens is 290 g/mol.